The van der Waals surface area contributed by atoms with E-state index in [1.807, 2.05) is 74.8 Å². The number of nitrogens with zero attached hydrogens (tertiary/aromatic N) is 6. The lowest BCUT2D eigenvalue weighted by Crippen LogP contribution is -2.42. The molecular weight excluding hydrogens is 664 g/mol. The number of nitro groups is 1. The number of benzene rings is 3. The summed E-state index contributed by atoms with van der Waals surface area (Å²) in [5.74, 6) is 0. The molecule has 2 saturated heterocycles. The first kappa shape index (κ1) is 37.6. The van der Waals surface area contributed by atoms with Crippen molar-refractivity contribution in [1.82, 2.24) is 29.3 Å². The Hall–Kier alpha value is -5.70. The number of hydrogen-bond donors (Lipinski definition) is 2. The highest BCUT2D eigenvalue weighted by Crippen LogP contribution is 2.20. The molecule has 0 bridgehead atoms. The molecule has 0 radical (unpaired) electrons. The van der Waals surface area contributed by atoms with Crippen LogP contribution in [0.15, 0.2) is 110 Å². The first-order valence-corrected chi connectivity index (χ1v) is 17.2. The Labute approximate surface area is 302 Å². The monoisotopic (exact) mass is 708 g/mol. The fraction of sp³-hybridized carbons (Fsp3) is 0.316. The van der Waals surface area contributed by atoms with Gasteiger partial charge >= 0.3 is 12.1 Å². The van der Waals surface area contributed by atoms with Crippen molar-refractivity contribution in [2.45, 2.75) is 37.8 Å². The van der Waals surface area contributed by atoms with Crippen LogP contribution in [-0.4, -0.2) is 93.6 Å². The number of carbonyl (C=O) groups is 2. The lowest BCUT2D eigenvalue weighted by Gasteiger charge is -2.30. The second-order valence-corrected chi connectivity index (χ2v) is 12.2. The average Bonchev–Trinajstić information content (AvgIpc) is 3.91. The molecule has 14 heteroatoms. The number of aromatic nitrogens is 4. The molecule has 2 N–H and O–H groups in total. The second kappa shape index (κ2) is 19.1. The van der Waals surface area contributed by atoms with Gasteiger partial charge < -0.3 is 25.0 Å². The minimum atomic E-state index is -0.492. The number of carbonyl (C=O) groups excluding carboxylic acids is 2. The molecule has 2 aliphatic rings. The van der Waals surface area contributed by atoms with E-state index in [2.05, 4.69) is 20.6 Å². The maximum absolute atomic E-state index is 12.5. The quantitative estimate of drug-likeness (QED) is 0.147. The number of nitro benzene ring substituents is 1. The van der Waals surface area contributed by atoms with Gasteiger partial charge in [0.2, 0.25) is 0 Å². The Morgan fingerprint density at radius 1 is 0.769 bits per heavy atom. The summed E-state index contributed by atoms with van der Waals surface area (Å²) in [6, 6.07) is 25.5. The minimum absolute atomic E-state index is 0.0306. The molecule has 272 valence electrons. The van der Waals surface area contributed by atoms with E-state index in [0.29, 0.717) is 17.4 Å². The van der Waals surface area contributed by atoms with Crippen LogP contribution in [-0.2, 0) is 9.47 Å². The largest absolute Gasteiger partial charge is 0.381 e. The third kappa shape index (κ3) is 10.7. The van der Waals surface area contributed by atoms with Crippen LogP contribution in [0.4, 0.5) is 21.0 Å². The number of rotatable bonds is 6. The zero-order valence-corrected chi connectivity index (χ0v) is 29.3. The van der Waals surface area contributed by atoms with Crippen LogP contribution < -0.4 is 10.6 Å². The molecule has 52 heavy (non-hydrogen) atoms. The van der Waals surface area contributed by atoms with Crippen molar-refractivity contribution >= 4 is 23.4 Å². The topological polar surface area (TPSA) is 159 Å². The Morgan fingerprint density at radius 3 is 1.77 bits per heavy atom. The van der Waals surface area contributed by atoms with Gasteiger partial charge in [0.25, 0.3) is 5.69 Å². The summed E-state index contributed by atoms with van der Waals surface area (Å²) in [7, 11) is 3.86. The van der Waals surface area contributed by atoms with E-state index < -0.39 is 11.0 Å². The van der Waals surface area contributed by atoms with Gasteiger partial charge in [0.15, 0.2) is 0 Å². The lowest BCUT2D eigenvalue weighted by molar-refractivity contribution is -0.384. The second-order valence-electron chi connectivity index (χ2n) is 12.2. The Morgan fingerprint density at radius 2 is 1.27 bits per heavy atom. The smallest absolute Gasteiger partial charge is 0.331 e. The normalized spacial score (nSPS) is 14.6. The van der Waals surface area contributed by atoms with Gasteiger partial charge in [-0.15, -0.1) is 0 Å². The predicted molar refractivity (Wildman–Crippen MR) is 198 cm³/mol. The predicted octanol–water partition coefficient (Wildman–Crippen LogP) is 6.55. The van der Waals surface area contributed by atoms with E-state index in [4.69, 9.17) is 9.47 Å². The third-order valence-corrected chi connectivity index (χ3v) is 8.76. The van der Waals surface area contributed by atoms with Crippen molar-refractivity contribution in [3.63, 3.8) is 0 Å². The van der Waals surface area contributed by atoms with Gasteiger partial charge in [0, 0.05) is 86.9 Å². The van der Waals surface area contributed by atoms with Gasteiger partial charge in [0.05, 0.1) is 16.3 Å². The summed E-state index contributed by atoms with van der Waals surface area (Å²) < 4.78 is 13.4. The van der Waals surface area contributed by atoms with Gasteiger partial charge in [0.1, 0.15) is 12.7 Å². The van der Waals surface area contributed by atoms with E-state index >= 15 is 0 Å². The highest BCUT2D eigenvalue weighted by atomic mass is 16.6. The molecule has 7 rings (SSSR count). The average molecular weight is 709 g/mol. The Balaban J connectivity index is 0.000000167. The maximum atomic E-state index is 12.5. The highest BCUT2D eigenvalue weighted by Gasteiger charge is 2.23. The number of nitrogens with one attached hydrogen (secondary N) is 2. The van der Waals surface area contributed by atoms with E-state index in [9.17, 15) is 19.7 Å². The summed E-state index contributed by atoms with van der Waals surface area (Å²) >= 11 is 0. The molecule has 4 heterocycles. The Kier molecular flexibility index (Phi) is 13.8. The molecule has 2 aliphatic heterocycles. The maximum Gasteiger partial charge on any atom is 0.331 e. The van der Waals surface area contributed by atoms with Gasteiger partial charge in [-0.3, -0.25) is 19.2 Å². The number of non-ortho nitro benzene ring substituents is 1. The molecular formula is C38H44N8O6. The van der Waals surface area contributed by atoms with Crippen molar-refractivity contribution in [3.05, 3.63) is 120 Å². The van der Waals surface area contributed by atoms with Crippen molar-refractivity contribution in [3.8, 4) is 22.5 Å². The summed E-state index contributed by atoms with van der Waals surface area (Å²) in [6.45, 7) is 3.32. The molecule has 0 unspecified atom stereocenters. The van der Waals surface area contributed by atoms with Gasteiger partial charge in [-0.2, -0.15) is 0 Å². The van der Waals surface area contributed by atoms with Crippen LogP contribution in [0.25, 0.3) is 22.5 Å². The van der Waals surface area contributed by atoms with Gasteiger partial charge in [-0.05, 0) is 44.9 Å². The number of ether oxygens (including phenoxy) is 2. The number of anilines is 1. The number of hydrogen-bond acceptors (Lipinski definition) is 9. The van der Waals surface area contributed by atoms with Gasteiger partial charge in [-0.1, -0.05) is 60.7 Å². The zero-order chi connectivity index (χ0) is 36.7. The van der Waals surface area contributed by atoms with Crippen LogP contribution in [0, 0.1) is 10.1 Å². The third-order valence-electron chi connectivity index (χ3n) is 8.76. The van der Waals surface area contributed by atoms with Crippen LogP contribution in [0.5, 0.6) is 0 Å². The van der Waals surface area contributed by atoms with Crippen molar-refractivity contribution in [2.24, 2.45) is 0 Å². The van der Waals surface area contributed by atoms with Crippen molar-refractivity contribution < 1.29 is 24.0 Å². The molecule has 2 aromatic heterocycles. The van der Waals surface area contributed by atoms with Gasteiger partial charge in [-0.25, -0.2) is 19.6 Å². The van der Waals surface area contributed by atoms with E-state index in [-0.39, 0.29) is 17.8 Å². The highest BCUT2D eigenvalue weighted by molar-refractivity contribution is 5.91. The standard InChI is InChI=1S/C16H12N4O3.C16H19N3O2.C6H13NO/c21-16(18-13-6-8-14(9-7-13)20(22)23)19-10-15(17-11-19)12-4-2-1-3-5-12;1-18(14-7-9-21-10-8-14)16(20)19-11-15(17-12-19)13-5-3-2-4-6-13;1-7-6-2-4-8-5-3-6/h1-11H,(H,18,21);2-6,11-12,14H,7-10H2,1H3;6-7H,2-5H2,1H3. The molecule has 2 amide bonds. The van der Waals surface area contributed by atoms with E-state index in [1.165, 1.54) is 48.0 Å². The molecule has 3 aromatic carbocycles. The molecule has 0 atom stereocenters. The molecule has 0 aliphatic carbocycles. The molecule has 0 saturated carbocycles. The van der Waals surface area contributed by atoms with Crippen molar-refractivity contribution in [2.75, 3.05) is 45.8 Å². The number of amides is 2. The fourth-order valence-corrected chi connectivity index (χ4v) is 5.63. The lowest BCUT2D eigenvalue weighted by atomic mass is 10.1. The fourth-order valence-electron chi connectivity index (χ4n) is 5.63. The molecule has 2 fully saturated rings. The van der Waals surface area contributed by atoms with Crippen LogP contribution in [0.1, 0.15) is 25.7 Å². The number of imidazole rings is 2. The van der Waals surface area contributed by atoms with Crippen LogP contribution in [0.3, 0.4) is 0 Å². The summed E-state index contributed by atoms with van der Waals surface area (Å²) in [5, 5.41) is 16.5. The molecule has 14 nitrogen and oxygen atoms in total. The molecule has 0 spiro atoms. The van der Waals surface area contributed by atoms with E-state index in [1.54, 1.807) is 28.2 Å². The SMILES string of the molecule is CN(C(=O)n1cnc(-c2ccccc2)c1)C1CCOCC1.CNC1CCOCC1.O=C(Nc1ccc([N+](=O)[O-])cc1)n1cnc(-c2ccccc2)c1. The molecule has 5 aromatic rings. The van der Waals surface area contributed by atoms with Crippen molar-refractivity contribution in [1.29, 1.82) is 0 Å². The zero-order valence-electron chi connectivity index (χ0n) is 29.3. The van der Waals surface area contributed by atoms with Crippen LogP contribution >= 0.6 is 0 Å². The summed E-state index contributed by atoms with van der Waals surface area (Å²) in [5.41, 5.74) is 3.86. The first-order valence-electron chi connectivity index (χ1n) is 17.2. The summed E-state index contributed by atoms with van der Waals surface area (Å²) in [6.07, 6.45) is 10.5. The summed E-state index contributed by atoms with van der Waals surface area (Å²) in [4.78, 5) is 45.1. The van der Waals surface area contributed by atoms with Crippen LogP contribution in [0.2, 0.25) is 0 Å². The first-order chi connectivity index (χ1) is 25.3. The van der Waals surface area contributed by atoms with E-state index in [0.717, 1.165) is 56.1 Å². The minimum Gasteiger partial charge on any atom is -0.381 e. The Bertz CT molecular complexity index is 1850.